The topological polar surface area (TPSA) is 154 Å². The Hall–Kier alpha value is -2.52. The van der Waals surface area contributed by atoms with Crippen molar-refractivity contribution < 1.29 is 36.6 Å². The van der Waals surface area contributed by atoms with Gasteiger partial charge in [0.05, 0.1) is 0 Å². The minimum absolute atomic E-state index is 0.0330. The molecule has 0 aliphatic carbocycles. The van der Waals surface area contributed by atoms with Crippen LogP contribution in [0.15, 0.2) is 47.8 Å². The Kier molecular flexibility index (Phi) is 5.77. The number of carboxylic acids is 1. The molecule has 0 spiro atoms. The van der Waals surface area contributed by atoms with Crippen LogP contribution in [0.3, 0.4) is 0 Å². The molecule has 0 saturated carbocycles. The van der Waals surface area contributed by atoms with Crippen molar-refractivity contribution in [3.05, 3.63) is 51.4 Å². The number of fused-ring (bicyclic) bond motifs is 1. The average molecular weight is 524 g/mol. The first-order valence-electron chi connectivity index (χ1n) is 8.16. The van der Waals surface area contributed by atoms with Crippen LogP contribution in [0.2, 0.25) is 0 Å². The number of aliphatic carboxylic acids is 1. The van der Waals surface area contributed by atoms with Crippen LogP contribution >= 0.6 is 11.8 Å². The Labute approximate surface area is 178 Å². The molecular formula is C17H13IN6O4S-2. The summed E-state index contributed by atoms with van der Waals surface area (Å²) in [6.07, 6.45) is 1.73. The number of hydrogen-bond acceptors (Lipinski definition) is 8. The van der Waals surface area contributed by atoms with E-state index in [0.717, 1.165) is 33.8 Å². The van der Waals surface area contributed by atoms with E-state index >= 15 is 0 Å². The third kappa shape index (κ3) is 4.56. The summed E-state index contributed by atoms with van der Waals surface area (Å²) in [5, 5.41) is 44.3. The molecule has 10 nitrogen and oxygen atoms in total. The van der Waals surface area contributed by atoms with E-state index in [1.807, 2.05) is 30.3 Å². The monoisotopic (exact) mass is 524 g/mol. The van der Waals surface area contributed by atoms with Crippen molar-refractivity contribution in [3.8, 4) is 22.5 Å². The van der Waals surface area contributed by atoms with Crippen LogP contribution in [-0.4, -0.2) is 50.9 Å². The molecule has 4 rings (SSSR count). The number of benzene rings is 2. The molecule has 0 aliphatic heterocycles. The number of nitrogens with zero attached hydrogens (tertiary/aromatic N) is 4. The second-order valence-electron chi connectivity index (χ2n) is 5.83. The van der Waals surface area contributed by atoms with Gasteiger partial charge >= 0.3 is 179 Å². The van der Waals surface area contributed by atoms with E-state index in [0.29, 0.717) is 20.1 Å². The SMILES string of the molecule is O=C(O)CSc1n[nH]c(-c2cc([I-]N([O-])O)cc(-c3cccc4[nH]ncc34)c2)n1. The maximum atomic E-state index is 11.2. The van der Waals surface area contributed by atoms with E-state index in [1.54, 1.807) is 12.3 Å². The fourth-order valence-corrected chi connectivity index (χ4v) is 4.75. The zero-order valence-electron chi connectivity index (χ0n) is 14.5. The second kappa shape index (κ2) is 8.46. The second-order valence-corrected chi connectivity index (χ2v) is 9.32. The van der Waals surface area contributed by atoms with Crippen molar-refractivity contribution >= 4 is 28.6 Å². The summed E-state index contributed by atoms with van der Waals surface area (Å²) >= 11 is -0.321. The Morgan fingerprint density at radius 2 is 2.07 bits per heavy atom. The van der Waals surface area contributed by atoms with Crippen molar-refractivity contribution in [2.24, 2.45) is 0 Å². The first-order valence-corrected chi connectivity index (χ1v) is 11.2. The van der Waals surface area contributed by atoms with Crippen LogP contribution in [-0.2, 0) is 4.79 Å². The van der Waals surface area contributed by atoms with Gasteiger partial charge in [0, 0.05) is 0 Å². The Morgan fingerprint density at radius 1 is 1.24 bits per heavy atom. The number of rotatable bonds is 7. The summed E-state index contributed by atoms with van der Waals surface area (Å²) in [5.41, 5.74) is 3.30. The predicted octanol–water partition coefficient (Wildman–Crippen LogP) is -0.446. The fourth-order valence-electron chi connectivity index (χ4n) is 2.80. The average Bonchev–Trinajstić information content (AvgIpc) is 3.34. The van der Waals surface area contributed by atoms with Crippen molar-refractivity contribution in [1.82, 2.24) is 28.8 Å². The van der Waals surface area contributed by atoms with E-state index in [2.05, 4.69) is 25.4 Å². The van der Waals surface area contributed by atoms with E-state index in [-0.39, 0.29) is 9.19 Å². The van der Waals surface area contributed by atoms with Crippen molar-refractivity contribution in [3.63, 3.8) is 0 Å². The summed E-state index contributed by atoms with van der Waals surface area (Å²) in [6, 6.07) is 11.3. The molecule has 0 radical (unpaired) electrons. The molecule has 0 bridgehead atoms. The molecule has 0 atom stereocenters. The first kappa shape index (κ1) is 19.8. The zero-order chi connectivity index (χ0) is 20.4. The number of carbonyl (C=O) groups is 1. The maximum absolute atomic E-state index is 11.2. The van der Waals surface area contributed by atoms with Gasteiger partial charge in [0.15, 0.2) is 0 Å². The molecular weight excluding hydrogens is 511 g/mol. The van der Waals surface area contributed by atoms with Gasteiger partial charge in [0.1, 0.15) is 0 Å². The number of halogens is 1. The summed E-state index contributed by atoms with van der Waals surface area (Å²) in [5.74, 6) is -0.659. The van der Waals surface area contributed by atoms with Crippen molar-refractivity contribution in [2.45, 2.75) is 5.16 Å². The first-order chi connectivity index (χ1) is 14.0. The molecule has 4 aromatic rings. The van der Waals surface area contributed by atoms with Crippen LogP contribution in [0, 0.1) is 8.78 Å². The number of thioether (sulfide) groups is 1. The molecule has 4 N–H and O–H groups in total. The number of carboxylic acid groups (broad SMARTS) is 1. The third-order valence-electron chi connectivity index (χ3n) is 3.93. The van der Waals surface area contributed by atoms with Gasteiger partial charge in [-0.15, -0.1) is 0 Å². The van der Waals surface area contributed by atoms with Gasteiger partial charge in [-0.25, -0.2) is 0 Å². The molecule has 12 heteroatoms. The van der Waals surface area contributed by atoms with Crippen LogP contribution in [0.5, 0.6) is 0 Å². The zero-order valence-corrected chi connectivity index (χ0v) is 17.5. The number of H-pyrrole nitrogens is 2. The molecule has 2 aromatic carbocycles. The molecule has 150 valence electrons. The molecule has 0 amide bonds. The predicted molar refractivity (Wildman–Crippen MR) is 101 cm³/mol. The van der Waals surface area contributed by atoms with Crippen molar-refractivity contribution in [1.29, 1.82) is 0 Å². The quantitative estimate of drug-likeness (QED) is 0.109. The molecule has 0 unspecified atom stereocenters. The van der Waals surface area contributed by atoms with E-state index in [9.17, 15) is 15.2 Å². The molecule has 0 saturated heterocycles. The van der Waals surface area contributed by atoms with E-state index < -0.39 is 27.4 Å². The van der Waals surface area contributed by atoms with Gasteiger partial charge in [0.25, 0.3) is 0 Å². The normalized spacial score (nSPS) is 11.6. The molecule has 0 fully saturated rings. The van der Waals surface area contributed by atoms with Gasteiger partial charge in [-0.2, -0.15) is 0 Å². The van der Waals surface area contributed by atoms with Crippen LogP contribution in [0.4, 0.5) is 0 Å². The van der Waals surface area contributed by atoms with Gasteiger partial charge < -0.3 is 0 Å². The molecule has 0 aliphatic rings. The number of aromatic amines is 2. The molecule has 2 aromatic heterocycles. The minimum atomic E-state index is -1.33. The summed E-state index contributed by atoms with van der Waals surface area (Å²) < 4.78 is 0.653. The number of nitrogens with one attached hydrogen (secondary N) is 2. The summed E-state index contributed by atoms with van der Waals surface area (Å²) in [4.78, 5) is 15.1. The number of aromatic nitrogens is 5. The standard InChI is InChI=1S/C17H13IN6O4S/c25-15(26)8-29-17-20-16(22-23-17)10-4-9(5-11(6-10)18-24(27)28)12-2-1-3-14-13(12)7-19-21-14/h1-7,27H,8H2,(H,19,21)(H,25,26)(H,20,22,23)/q-2. The van der Waals surface area contributed by atoms with E-state index in [1.165, 1.54) is 0 Å². The van der Waals surface area contributed by atoms with Gasteiger partial charge in [-0.05, 0) is 0 Å². The van der Waals surface area contributed by atoms with Crippen LogP contribution in [0.1, 0.15) is 0 Å². The third-order valence-corrected chi connectivity index (χ3v) is 6.35. The van der Waals surface area contributed by atoms with Crippen LogP contribution in [0.25, 0.3) is 33.4 Å². The van der Waals surface area contributed by atoms with Crippen LogP contribution < -0.4 is 21.5 Å². The molecule has 29 heavy (non-hydrogen) atoms. The molecule has 2 heterocycles. The fraction of sp³-hybridized carbons (Fsp3) is 0.0588. The van der Waals surface area contributed by atoms with E-state index in [4.69, 9.17) is 5.11 Å². The number of hydrogen-bond donors (Lipinski definition) is 4. The summed E-state index contributed by atoms with van der Waals surface area (Å²) in [6.45, 7) is 0. The van der Waals surface area contributed by atoms with Gasteiger partial charge in [0.2, 0.25) is 0 Å². The van der Waals surface area contributed by atoms with Gasteiger partial charge in [-0.1, -0.05) is 0 Å². The van der Waals surface area contributed by atoms with Crippen molar-refractivity contribution in [2.75, 3.05) is 5.75 Å². The Bertz CT molecular complexity index is 1180. The van der Waals surface area contributed by atoms with Gasteiger partial charge in [-0.3, -0.25) is 0 Å². The Morgan fingerprint density at radius 3 is 2.86 bits per heavy atom. The summed E-state index contributed by atoms with van der Waals surface area (Å²) in [7, 11) is 0. The Balaban J connectivity index is 1.77.